The summed E-state index contributed by atoms with van der Waals surface area (Å²) in [6, 6.07) is 10.5. The largest absolute Gasteiger partial charge is 0.307 e. The lowest BCUT2D eigenvalue weighted by Crippen LogP contribution is -2.06. The SMILES string of the molecule is CSc1cnc2ncn([C@@H](C)c3ccccc3)c2n1. The van der Waals surface area contributed by atoms with Crippen molar-refractivity contribution in [3.8, 4) is 0 Å². The van der Waals surface area contributed by atoms with Crippen molar-refractivity contribution in [3.63, 3.8) is 0 Å². The minimum atomic E-state index is 0.192. The van der Waals surface area contributed by atoms with Crippen LogP contribution in [0.25, 0.3) is 11.3 Å². The Morgan fingerprint density at radius 1 is 1.16 bits per heavy atom. The van der Waals surface area contributed by atoms with Gasteiger partial charge in [-0.3, -0.25) is 0 Å². The Morgan fingerprint density at radius 3 is 2.68 bits per heavy atom. The highest BCUT2D eigenvalue weighted by Gasteiger charge is 2.13. The molecule has 1 atom stereocenters. The fraction of sp³-hybridized carbons (Fsp3) is 0.214. The Labute approximate surface area is 115 Å². The molecule has 0 saturated heterocycles. The van der Waals surface area contributed by atoms with Gasteiger partial charge in [0.05, 0.1) is 18.6 Å². The Balaban J connectivity index is 2.09. The molecule has 0 fully saturated rings. The van der Waals surface area contributed by atoms with Crippen LogP contribution in [0.5, 0.6) is 0 Å². The van der Waals surface area contributed by atoms with Gasteiger partial charge in [-0.2, -0.15) is 0 Å². The van der Waals surface area contributed by atoms with Gasteiger partial charge in [0.1, 0.15) is 5.03 Å². The molecule has 0 radical (unpaired) electrons. The van der Waals surface area contributed by atoms with Crippen LogP contribution < -0.4 is 0 Å². The molecule has 0 bridgehead atoms. The molecule has 3 aromatic rings. The van der Waals surface area contributed by atoms with E-state index in [4.69, 9.17) is 0 Å². The molecular formula is C14H14N4S. The molecule has 96 valence electrons. The lowest BCUT2D eigenvalue weighted by atomic mass is 10.1. The molecule has 2 aromatic heterocycles. The average molecular weight is 270 g/mol. The topological polar surface area (TPSA) is 43.6 Å². The first-order valence-electron chi connectivity index (χ1n) is 6.08. The van der Waals surface area contributed by atoms with Gasteiger partial charge >= 0.3 is 0 Å². The van der Waals surface area contributed by atoms with Crippen molar-refractivity contribution < 1.29 is 0 Å². The second kappa shape index (κ2) is 5.01. The molecule has 3 rings (SSSR count). The van der Waals surface area contributed by atoms with Crippen LogP contribution in [0.1, 0.15) is 18.5 Å². The monoisotopic (exact) mass is 270 g/mol. The summed E-state index contributed by atoms with van der Waals surface area (Å²) in [7, 11) is 0. The number of rotatable bonds is 3. The van der Waals surface area contributed by atoms with Crippen molar-refractivity contribution in [2.75, 3.05) is 6.26 Å². The van der Waals surface area contributed by atoms with E-state index in [1.807, 2.05) is 30.8 Å². The maximum absolute atomic E-state index is 4.60. The van der Waals surface area contributed by atoms with Crippen LogP contribution in [0.3, 0.4) is 0 Å². The molecule has 0 aliphatic heterocycles. The zero-order valence-electron chi connectivity index (χ0n) is 10.8. The maximum atomic E-state index is 4.60. The van der Waals surface area contributed by atoms with Gasteiger partial charge in [0.25, 0.3) is 0 Å². The van der Waals surface area contributed by atoms with E-state index in [0.29, 0.717) is 5.65 Å². The van der Waals surface area contributed by atoms with E-state index in [0.717, 1.165) is 10.7 Å². The van der Waals surface area contributed by atoms with E-state index >= 15 is 0 Å². The van der Waals surface area contributed by atoms with Crippen molar-refractivity contribution >= 4 is 23.1 Å². The van der Waals surface area contributed by atoms with Gasteiger partial charge in [-0.05, 0) is 18.7 Å². The van der Waals surface area contributed by atoms with Crippen molar-refractivity contribution in [1.82, 2.24) is 19.5 Å². The van der Waals surface area contributed by atoms with Gasteiger partial charge in [0.2, 0.25) is 0 Å². The molecule has 0 saturated carbocycles. The van der Waals surface area contributed by atoms with Crippen molar-refractivity contribution in [3.05, 3.63) is 48.4 Å². The molecule has 2 heterocycles. The summed E-state index contributed by atoms with van der Waals surface area (Å²) >= 11 is 1.59. The normalized spacial score (nSPS) is 12.7. The molecule has 0 N–H and O–H groups in total. The quantitative estimate of drug-likeness (QED) is 0.686. The standard InChI is InChI=1S/C14H14N4S/c1-10(11-6-4-3-5-7-11)18-9-16-13-14(18)17-12(19-2)8-15-13/h3-10H,1-2H3/t10-/m0/s1. The summed E-state index contributed by atoms with van der Waals surface area (Å²) in [5.74, 6) is 0. The fourth-order valence-electron chi connectivity index (χ4n) is 2.07. The Kier molecular flexibility index (Phi) is 3.21. The Hall–Kier alpha value is -1.88. The summed E-state index contributed by atoms with van der Waals surface area (Å²) in [4.78, 5) is 13.3. The van der Waals surface area contributed by atoms with Gasteiger partial charge in [0.15, 0.2) is 11.3 Å². The van der Waals surface area contributed by atoms with Gasteiger partial charge in [-0.1, -0.05) is 30.3 Å². The van der Waals surface area contributed by atoms with Crippen molar-refractivity contribution in [1.29, 1.82) is 0 Å². The molecule has 0 unspecified atom stereocenters. The van der Waals surface area contributed by atoms with Crippen molar-refractivity contribution in [2.45, 2.75) is 18.0 Å². The van der Waals surface area contributed by atoms with E-state index in [9.17, 15) is 0 Å². The molecule has 0 spiro atoms. The van der Waals surface area contributed by atoms with E-state index in [2.05, 4.69) is 38.6 Å². The minimum absolute atomic E-state index is 0.192. The highest BCUT2D eigenvalue weighted by Crippen LogP contribution is 2.22. The lowest BCUT2D eigenvalue weighted by Gasteiger charge is -2.14. The van der Waals surface area contributed by atoms with Gasteiger partial charge in [0, 0.05) is 0 Å². The third-order valence-electron chi connectivity index (χ3n) is 3.17. The van der Waals surface area contributed by atoms with Crippen LogP contribution in [-0.2, 0) is 0 Å². The zero-order chi connectivity index (χ0) is 13.2. The number of aromatic nitrogens is 4. The number of thioether (sulfide) groups is 1. The minimum Gasteiger partial charge on any atom is -0.307 e. The highest BCUT2D eigenvalue weighted by molar-refractivity contribution is 7.98. The molecule has 1 aromatic carbocycles. The smallest absolute Gasteiger partial charge is 0.197 e. The number of hydrogen-bond acceptors (Lipinski definition) is 4. The average Bonchev–Trinajstić information content (AvgIpc) is 2.90. The number of imidazole rings is 1. The molecule has 4 nitrogen and oxygen atoms in total. The molecule has 0 aliphatic carbocycles. The Morgan fingerprint density at radius 2 is 1.95 bits per heavy atom. The number of fused-ring (bicyclic) bond motifs is 1. The molecule has 5 heteroatoms. The number of benzene rings is 1. The summed E-state index contributed by atoms with van der Waals surface area (Å²) in [5, 5.41) is 0.912. The first-order valence-corrected chi connectivity index (χ1v) is 7.30. The predicted octanol–water partition coefficient (Wildman–Crippen LogP) is 3.16. The van der Waals surface area contributed by atoms with Crippen LogP contribution in [0, 0.1) is 0 Å². The first kappa shape index (κ1) is 12.2. The number of nitrogens with zero attached hydrogens (tertiary/aromatic N) is 4. The van der Waals surface area contributed by atoms with Gasteiger partial charge in [-0.25, -0.2) is 15.0 Å². The second-order valence-corrected chi connectivity index (χ2v) is 5.12. The lowest BCUT2D eigenvalue weighted by molar-refractivity contribution is 0.650. The highest BCUT2D eigenvalue weighted by atomic mass is 32.2. The molecule has 0 aliphatic rings. The van der Waals surface area contributed by atoms with Crippen LogP contribution in [0.2, 0.25) is 0 Å². The second-order valence-electron chi connectivity index (χ2n) is 4.30. The first-order chi connectivity index (χ1) is 9.29. The third kappa shape index (κ3) is 2.21. The van der Waals surface area contributed by atoms with Crippen LogP contribution >= 0.6 is 11.8 Å². The molecule has 19 heavy (non-hydrogen) atoms. The predicted molar refractivity (Wildman–Crippen MR) is 77.4 cm³/mol. The zero-order valence-corrected chi connectivity index (χ0v) is 11.6. The van der Waals surface area contributed by atoms with Crippen LogP contribution in [-0.4, -0.2) is 25.8 Å². The summed E-state index contributed by atoms with van der Waals surface area (Å²) in [5.41, 5.74) is 2.77. The summed E-state index contributed by atoms with van der Waals surface area (Å²) in [6.07, 6.45) is 5.57. The Bertz CT molecular complexity index is 693. The van der Waals surface area contributed by atoms with E-state index in [1.165, 1.54) is 5.56 Å². The maximum Gasteiger partial charge on any atom is 0.197 e. The molecule has 0 amide bonds. The van der Waals surface area contributed by atoms with Crippen LogP contribution in [0.4, 0.5) is 0 Å². The molecular weight excluding hydrogens is 256 g/mol. The van der Waals surface area contributed by atoms with Gasteiger partial charge < -0.3 is 4.57 Å². The van der Waals surface area contributed by atoms with E-state index < -0.39 is 0 Å². The van der Waals surface area contributed by atoms with Crippen molar-refractivity contribution in [2.24, 2.45) is 0 Å². The van der Waals surface area contributed by atoms with E-state index in [-0.39, 0.29) is 6.04 Å². The third-order valence-corrected chi connectivity index (χ3v) is 3.79. The number of hydrogen-bond donors (Lipinski definition) is 0. The fourth-order valence-corrected chi connectivity index (χ4v) is 2.40. The van der Waals surface area contributed by atoms with E-state index in [1.54, 1.807) is 18.0 Å². The van der Waals surface area contributed by atoms with Crippen LogP contribution in [0.15, 0.2) is 47.9 Å². The summed E-state index contributed by atoms with van der Waals surface area (Å²) < 4.78 is 2.07. The van der Waals surface area contributed by atoms with Gasteiger partial charge in [-0.15, -0.1) is 11.8 Å². The summed E-state index contributed by atoms with van der Waals surface area (Å²) in [6.45, 7) is 2.14.